The van der Waals surface area contributed by atoms with Crippen LogP contribution in [0.15, 0.2) is 29.5 Å². The Labute approximate surface area is 148 Å². The molecule has 1 amide bonds. The molecule has 140 valence electrons. The van der Waals surface area contributed by atoms with Crippen LogP contribution in [0.3, 0.4) is 0 Å². The van der Waals surface area contributed by atoms with Crippen LogP contribution in [0.25, 0.3) is 0 Å². The Bertz CT molecular complexity index is 804. The third-order valence-electron chi connectivity index (χ3n) is 4.55. The second-order valence-electron chi connectivity index (χ2n) is 6.29. The van der Waals surface area contributed by atoms with Crippen LogP contribution < -0.4 is 10.3 Å². The fourth-order valence-electron chi connectivity index (χ4n) is 3.29. The van der Waals surface area contributed by atoms with Crippen LogP contribution in [-0.2, 0) is 20.5 Å². The topological polar surface area (TPSA) is 61.9 Å². The molecule has 0 radical (unpaired) electrons. The molecule has 0 aromatic heterocycles. The zero-order valence-corrected chi connectivity index (χ0v) is 14.5. The molecule has 2 aliphatic rings. The molecule has 1 unspecified atom stereocenters. The predicted octanol–water partition coefficient (Wildman–Crippen LogP) is 2.00. The van der Waals surface area contributed by atoms with Gasteiger partial charge in [-0.05, 0) is 37.6 Å². The van der Waals surface area contributed by atoms with E-state index in [-0.39, 0.29) is 36.0 Å². The van der Waals surface area contributed by atoms with Gasteiger partial charge in [-0.25, -0.2) is 10.2 Å². The number of nitrogens with one attached hydrogen (secondary N) is 1. The van der Waals surface area contributed by atoms with E-state index in [1.54, 1.807) is 5.01 Å². The average Bonchev–Trinajstić information content (AvgIpc) is 3.02. The van der Waals surface area contributed by atoms with E-state index in [1.165, 1.54) is 31.1 Å². The second-order valence-corrected chi connectivity index (χ2v) is 6.29. The third-order valence-corrected chi connectivity index (χ3v) is 4.55. The predicted molar refractivity (Wildman–Crippen MR) is 86.9 cm³/mol. The number of amides is 1. The quantitative estimate of drug-likeness (QED) is 0.808. The number of hydrazine groups is 1. The largest absolute Gasteiger partial charge is 0.466 e. The molecule has 1 aromatic carbocycles. The van der Waals surface area contributed by atoms with Gasteiger partial charge in [-0.3, -0.25) is 9.80 Å². The second kappa shape index (κ2) is 6.31. The van der Waals surface area contributed by atoms with Crippen molar-refractivity contribution in [2.24, 2.45) is 0 Å². The number of carbonyl (C=O) groups excluding carboxylic acids is 2. The van der Waals surface area contributed by atoms with Crippen LogP contribution in [0.1, 0.15) is 18.1 Å². The minimum Gasteiger partial charge on any atom is -0.466 e. The van der Waals surface area contributed by atoms with E-state index in [2.05, 4.69) is 5.43 Å². The van der Waals surface area contributed by atoms with Gasteiger partial charge >= 0.3 is 12.1 Å². The molecule has 1 atom stereocenters. The highest BCUT2D eigenvalue weighted by atomic mass is 19.4. The van der Waals surface area contributed by atoms with Crippen molar-refractivity contribution in [2.45, 2.75) is 26.1 Å². The van der Waals surface area contributed by atoms with Crippen molar-refractivity contribution in [2.75, 3.05) is 25.1 Å². The summed E-state index contributed by atoms with van der Waals surface area (Å²) in [5.74, 6) is -1.06. The molecule has 2 heterocycles. The number of hydrogen-bond acceptors (Lipinski definition) is 5. The molecule has 9 heteroatoms. The fourth-order valence-corrected chi connectivity index (χ4v) is 3.29. The number of piperazine rings is 1. The summed E-state index contributed by atoms with van der Waals surface area (Å²) in [5.41, 5.74) is 3.01. The van der Waals surface area contributed by atoms with Crippen LogP contribution >= 0.6 is 0 Å². The number of ether oxygens (including phenoxy) is 1. The Hall–Kier alpha value is -2.55. The Morgan fingerprint density at radius 1 is 1.35 bits per heavy atom. The molecule has 0 aliphatic carbocycles. The van der Waals surface area contributed by atoms with Gasteiger partial charge in [0.2, 0.25) is 0 Å². The van der Waals surface area contributed by atoms with Gasteiger partial charge in [0.25, 0.3) is 5.91 Å². The van der Waals surface area contributed by atoms with Gasteiger partial charge in [0.15, 0.2) is 0 Å². The fraction of sp³-hybridized carbons (Fsp3) is 0.412. The summed E-state index contributed by atoms with van der Waals surface area (Å²) < 4.78 is 43.6. The van der Waals surface area contributed by atoms with E-state index in [0.717, 1.165) is 6.07 Å². The summed E-state index contributed by atoms with van der Waals surface area (Å²) in [6, 6.07) is 3.41. The van der Waals surface area contributed by atoms with Crippen LogP contribution in [0.4, 0.5) is 18.9 Å². The molecule has 1 saturated heterocycles. The lowest BCUT2D eigenvalue weighted by Crippen LogP contribution is -2.55. The van der Waals surface area contributed by atoms with E-state index in [0.29, 0.717) is 5.69 Å². The number of benzene rings is 1. The average molecular weight is 369 g/mol. The lowest BCUT2D eigenvalue weighted by atomic mass is 10.0. The molecule has 1 fully saturated rings. The summed E-state index contributed by atoms with van der Waals surface area (Å²) in [5, 5.41) is 1.61. The Kier molecular flexibility index (Phi) is 4.43. The number of aryl methyl sites for hydroxylation is 1. The highest BCUT2D eigenvalue weighted by molar-refractivity contribution is 6.11. The first kappa shape index (κ1) is 18.2. The number of nitrogens with zero attached hydrogens (tertiary/aromatic N) is 2. The molecule has 26 heavy (non-hydrogen) atoms. The molecule has 0 saturated carbocycles. The first-order chi connectivity index (χ1) is 12.1. The maximum absolute atomic E-state index is 13.0. The van der Waals surface area contributed by atoms with Crippen molar-refractivity contribution >= 4 is 17.6 Å². The maximum atomic E-state index is 13.0. The van der Waals surface area contributed by atoms with Gasteiger partial charge in [-0.1, -0.05) is 0 Å². The lowest BCUT2D eigenvalue weighted by molar-refractivity contribution is -0.138. The first-order valence-corrected chi connectivity index (χ1v) is 7.99. The van der Waals surface area contributed by atoms with Crippen LogP contribution in [0.2, 0.25) is 0 Å². The van der Waals surface area contributed by atoms with Gasteiger partial charge < -0.3 is 9.64 Å². The highest BCUT2D eigenvalue weighted by Gasteiger charge is 2.42. The van der Waals surface area contributed by atoms with Crippen molar-refractivity contribution in [3.8, 4) is 0 Å². The molecule has 0 bridgehead atoms. The Morgan fingerprint density at radius 2 is 2.04 bits per heavy atom. The standard InChI is InChI=1S/C17H18F3N3O3/c1-9-6-11(4-5-13(9)17(18,19)20)22-8-10(2)23-14(15(22)24)12(7-21-23)16(25)26-3/h4-6,10,21H,7-8H2,1-3H3. The number of halogens is 3. The SMILES string of the molecule is COC(=O)C1=C2C(=O)N(c3ccc(C(F)(F)F)c(C)c3)CC(C)N2NC1. The number of hydrogen-bond donors (Lipinski definition) is 1. The van der Waals surface area contributed by atoms with Gasteiger partial charge in [0.1, 0.15) is 5.70 Å². The molecule has 0 spiro atoms. The van der Waals surface area contributed by atoms with Crippen LogP contribution in [-0.4, -0.2) is 43.1 Å². The zero-order valence-electron chi connectivity index (χ0n) is 14.5. The zero-order chi connectivity index (χ0) is 19.2. The van der Waals surface area contributed by atoms with Crippen molar-refractivity contribution in [1.29, 1.82) is 0 Å². The number of esters is 1. The summed E-state index contributed by atoms with van der Waals surface area (Å²) >= 11 is 0. The van der Waals surface area contributed by atoms with Crippen LogP contribution in [0, 0.1) is 6.92 Å². The van der Waals surface area contributed by atoms with Gasteiger partial charge in [-0.2, -0.15) is 13.2 Å². The first-order valence-electron chi connectivity index (χ1n) is 7.99. The monoisotopic (exact) mass is 369 g/mol. The van der Waals surface area contributed by atoms with E-state index >= 15 is 0 Å². The molecule has 1 N–H and O–H groups in total. The number of carbonyl (C=O) groups is 2. The normalized spacial score (nSPS) is 20.5. The molecular weight excluding hydrogens is 351 g/mol. The van der Waals surface area contributed by atoms with Crippen LogP contribution in [0.5, 0.6) is 0 Å². The van der Waals surface area contributed by atoms with Crippen molar-refractivity contribution in [3.63, 3.8) is 0 Å². The van der Waals surface area contributed by atoms with E-state index in [9.17, 15) is 22.8 Å². The minimum atomic E-state index is -4.45. The van der Waals surface area contributed by atoms with Crippen molar-refractivity contribution in [3.05, 3.63) is 40.6 Å². The minimum absolute atomic E-state index is 0.0320. The third kappa shape index (κ3) is 2.92. The van der Waals surface area contributed by atoms with Gasteiger partial charge in [0.05, 0.1) is 24.3 Å². The lowest BCUT2D eigenvalue weighted by Gasteiger charge is -2.39. The Balaban J connectivity index is 2.01. The van der Waals surface area contributed by atoms with Gasteiger partial charge in [0, 0.05) is 18.8 Å². The summed E-state index contributed by atoms with van der Waals surface area (Å²) in [6.45, 7) is 3.64. The summed E-state index contributed by atoms with van der Waals surface area (Å²) in [6.07, 6.45) is -4.45. The summed E-state index contributed by atoms with van der Waals surface area (Å²) in [7, 11) is 1.23. The molecule has 1 aromatic rings. The van der Waals surface area contributed by atoms with Crippen molar-refractivity contribution < 1.29 is 27.5 Å². The molecule has 2 aliphatic heterocycles. The number of anilines is 1. The van der Waals surface area contributed by atoms with E-state index < -0.39 is 23.6 Å². The number of methoxy groups -OCH3 is 1. The number of alkyl halides is 3. The smallest absolute Gasteiger partial charge is 0.416 e. The molecule has 6 nitrogen and oxygen atoms in total. The number of fused-ring (bicyclic) bond motifs is 1. The maximum Gasteiger partial charge on any atom is 0.416 e. The van der Waals surface area contributed by atoms with E-state index in [1.807, 2.05) is 6.92 Å². The van der Waals surface area contributed by atoms with E-state index in [4.69, 9.17) is 4.74 Å². The van der Waals surface area contributed by atoms with Crippen molar-refractivity contribution in [1.82, 2.24) is 10.4 Å². The summed E-state index contributed by atoms with van der Waals surface area (Å²) in [4.78, 5) is 26.3. The molecule has 3 rings (SSSR count). The van der Waals surface area contributed by atoms with Gasteiger partial charge in [-0.15, -0.1) is 0 Å². The molecular formula is C17H18F3N3O3. The number of rotatable bonds is 2. The highest BCUT2D eigenvalue weighted by Crippen LogP contribution is 2.35. The Morgan fingerprint density at radius 3 is 2.62 bits per heavy atom.